The summed E-state index contributed by atoms with van der Waals surface area (Å²) in [6.07, 6.45) is 4.71. The molecule has 0 saturated carbocycles. The zero-order valence-electron chi connectivity index (χ0n) is 19.6. The van der Waals surface area contributed by atoms with Crippen molar-refractivity contribution in [3.05, 3.63) is 69.9 Å². The number of carbonyl (C=O) groups excluding carboxylic acids is 2. The summed E-state index contributed by atoms with van der Waals surface area (Å²) >= 11 is 0. The molecule has 0 bridgehead atoms. The third-order valence-corrected chi connectivity index (χ3v) is 7.21. The second kappa shape index (κ2) is 9.45. The van der Waals surface area contributed by atoms with Gasteiger partial charge in [0.25, 0.3) is 5.91 Å². The second-order valence-corrected chi connectivity index (χ2v) is 9.39. The number of piperidine rings is 2. The van der Waals surface area contributed by atoms with Crippen molar-refractivity contribution in [3.63, 3.8) is 0 Å². The zero-order valence-corrected chi connectivity index (χ0v) is 19.6. The van der Waals surface area contributed by atoms with Crippen LogP contribution in [0.5, 0.6) is 0 Å². The van der Waals surface area contributed by atoms with Crippen LogP contribution >= 0.6 is 0 Å². The number of hydrogen-bond donors (Lipinski definition) is 0. The van der Waals surface area contributed by atoms with Crippen LogP contribution in [0, 0.1) is 12.8 Å². The van der Waals surface area contributed by atoms with Crippen molar-refractivity contribution in [2.24, 2.45) is 5.92 Å². The van der Waals surface area contributed by atoms with Crippen LogP contribution in [0.2, 0.25) is 0 Å². The predicted octanol–water partition coefficient (Wildman–Crippen LogP) is 4.63. The minimum atomic E-state index is -0.152. The highest BCUT2D eigenvalue weighted by Crippen LogP contribution is 2.29. The van der Waals surface area contributed by atoms with Gasteiger partial charge in [-0.2, -0.15) is 0 Å². The molecule has 0 atom stereocenters. The Morgan fingerprint density at radius 1 is 0.853 bits per heavy atom. The van der Waals surface area contributed by atoms with E-state index >= 15 is 0 Å². The number of rotatable bonds is 3. The molecule has 0 radical (unpaired) electrons. The molecule has 0 unspecified atom stereocenters. The van der Waals surface area contributed by atoms with E-state index in [4.69, 9.17) is 4.42 Å². The van der Waals surface area contributed by atoms with Crippen molar-refractivity contribution in [2.75, 3.05) is 26.2 Å². The standard InChI is InChI=1S/C28H30N2O4/c1-19-24(31)22-11-8-12-23(26(22)34-25(19)20-9-4-2-5-10-20)28(33)30-17-13-21(14-18-30)27(32)29-15-6-3-7-16-29/h2,4-5,8-12,21H,3,6-7,13-18H2,1H3. The Balaban J connectivity index is 1.40. The molecule has 2 amide bonds. The summed E-state index contributed by atoms with van der Waals surface area (Å²) in [5.74, 6) is 0.565. The molecule has 2 fully saturated rings. The van der Waals surface area contributed by atoms with Gasteiger partial charge in [0.1, 0.15) is 5.76 Å². The van der Waals surface area contributed by atoms with Gasteiger partial charge in [-0.05, 0) is 51.2 Å². The highest BCUT2D eigenvalue weighted by atomic mass is 16.3. The van der Waals surface area contributed by atoms with Gasteiger partial charge >= 0.3 is 0 Å². The van der Waals surface area contributed by atoms with E-state index in [-0.39, 0.29) is 23.2 Å². The molecule has 2 aliphatic rings. The number of carbonyl (C=O) groups is 2. The van der Waals surface area contributed by atoms with Gasteiger partial charge in [-0.1, -0.05) is 36.4 Å². The lowest BCUT2D eigenvalue weighted by Gasteiger charge is -2.35. The van der Waals surface area contributed by atoms with Crippen LogP contribution in [0.25, 0.3) is 22.3 Å². The van der Waals surface area contributed by atoms with Crippen molar-refractivity contribution in [2.45, 2.75) is 39.0 Å². The molecular formula is C28H30N2O4. The monoisotopic (exact) mass is 458 g/mol. The van der Waals surface area contributed by atoms with E-state index in [2.05, 4.69) is 0 Å². The molecule has 2 saturated heterocycles. The summed E-state index contributed by atoms with van der Waals surface area (Å²) in [5.41, 5.74) is 1.93. The molecule has 3 aromatic rings. The topological polar surface area (TPSA) is 70.8 Å². The van der Waals surface area contributed by atoms with Crippen LogP contribution in [0.3, 0.4) is 0 Å². The SMILES string of the molecule is Cc1c(-c2ccccc2)oc2c(C(=O)N3CCC(C(=O)N4CCCCC4)CC3)cccc2c1=O. The molecule has 6 heteroatoms. The van der Waals surface area contributed by atoms with Gasteiger partial charge < -0.3 is 14.2 Å². The Labute approximate surface area is 199 Å². The average molecular weight is 459 g/mol. The van der Waals surface area contributed by atoms with Gasteiger partial charge in [0.15, 0.2) is 11.0 Å². The molecule has 34 heavy (non-hydrogen) atoms. The Morgan fingerprint density at radius 2 is 1.56 bits per heavy atom. The maximum atomic E-state index is 13.5. The summed E-state index contributed by atoms with van der Waals surface area (Å²) in [6, 6.07) is 14.7. The maximum Gasteiger partial charge on any atom is 0.257 e. The van der Waals surface area contributed by atoms with Crippen molar-refractivity contribution in [3.8, 4) is 11.3 Å². The molecule has 6 nitrogen and oxygen atoms in total. The Kier molecular flexibility index (Phi) is 6.22. The van der Waals surface area contributed by atoms with Crippen molar-refractivity contribution >= 4 is 22.8 Å². The molecule has 2 aliphatic heterocycles. The number of amides is 2. The first-order valence-electron chi connectivity index (χ1n) is 12.2. The minimum absolute atomic E-state index is 0.0140. The van der Waals surface area contributed by atoms with Crippen LogP contribution in [0.4, 0.5) is 0 Å². The van der Waals surface area contributed by atoms with E-state index < -0.39 is 0 Å². The molecule has 0 N–H and O–H groups in total. The first-order chi connectivity index (χ1) is 16.5. The van der Waals surface area contributed by atoms with Gasteiger partial charge in [-0.15, -0.1) is 0 Å². The van der Waals surface area contributed by atoms with Gasteiger partial charge in [-0.25, -0.2) is 0 Å². The van der Waals surface area contributed by atoms with Crippen LogP contribution in [-0.4, -0.2) is 47.8 Å². The fourth-order valence-corrected chi connectivity index (χ4v) is 5.22. The lowest BCUT2D eigenvalue weighted by atomic mass is 9.93. The number of benzene rings is 2. The first kappa shape index (κ1) is 22.4. The van der Waals surface area contributed by atoms with E-state index in [9.17, 15) is 14.4 Å². The zero-order chi connectivity index (χ0) is 23.7. The van der Waals surface area contributed by atoms with E-state index in [0.717, 1.165) is 31.5 Å². The number of nitrogens with zero attached hydrogens (tertiary/aromatic N) is 2. The summed E-state index contributed by atoms with van der Waals surface area (Å²) in [6.45, 7) is 4.53. The van der Waals surface area contributed by atoms with E-state index in [1.54, 1.807) is 30.0 Å². The quantitative estimate of drug-likeness (QED) is 0.574. The highest BCUT2D eigenvalue weighted by Gasteiger charge is 2.32. The summed E-state index contributed by atoms with van der Waals surface area (Å²) < 4.78 is 6.23. The molecule has 176 valence electrons. The number of likely N-dealkylation sites (tertiary alicyclic amines) is 2. The molecular weight excluding hydrogens is 428 g/mol. The molecule has 0 aliphatic carbocycles. The smallest absolute Gasteiger partial charge is 0.257 e. The Morgan fingerprint density at radius 3 is 2.26 bits per heavy atom. The number of hydrogen-bond acceptors (Lipinski definition) is 4. The average Bonchev–Trinajstić information content (AvgIpc) is 2.90. The molecule has 5 rings (SSSR count). The lowest BCUT2D eigenvalue weighted by molar-refractivity contribution is -0.137. The van der Waals surface area contributed by atoms with E-state index in [1.807, 2.05) is 35.2 Å². The van der Waals surface area contributed by atoms with Crippen LogP contribution in [0.1, 0.15) is 48.0 Å². The molecule has 0 spiro atoms. The summed E-state index contributed by atoms with van der Waals surface area (Å²) in [7, 11) is 0. The van der Waals surface area contributed by atoms with Crippen molar-refractivity contribution in [1.82, 2.24) is 9.80 Å². The Bertz CT molecular complexity index is 1270. The number of fused-ring (bicyclic) bond motifs is 1. The van der Waals surface area contributed by atoms with Crippen LogP contribution in [-0.2, 0) is 4.79 Å². The second-order valence-electron chi connectivity index (χ2n) is 9.39. The normalized spacial score (nSPS) is 17.2. The third-order valence-electron chi connectivity index (χ3n) is 7.21. The van der Waals surface area contributed by atoms with E-state index in [0.29, 0.717) is 53.8 Å². The summed E-state index contributed by atoms with van der Waals surface area (Å²) in [5, 5.41) is 0.415. The van der Waals surface area contributed by atoms with Crippen LogP contribution in [0.15, 0.2) is 57.7 Å². The molecule has 3 heterocycles. The Hall–Kier alpha value is -3.41. The van der Waals surface area contributed by atoms with Crippen molar-refractivity contribution < 1.29 is 14.0 Å². The van der Waals surface area contributed by atoms with Crippen molar-refractivity contribution in [1.29, 1.82) is 0 Å². The van der Waals surface area contributed by atoms with Gasteiger partial charge in [0, 0.05) is 43.2 Å². The largest absolute Gasteiger partial charge is 0.455 e. The fraction of sp³-hybridized carbons (Fsp3) is 0.393. The molecule has 1 aromatic heterocycles. The van der Waals surface area contributed by atoms with Gasteiger partial charge in [0.05, 0.1) is 10.9 Å². The fourth-order valence-electron chi connectivity index (χ4n) is 5.22. The van der Waals surface area contributed by atoms with Gasteiger partial charge in [0.2, 0.25) is 5.91 Å². The summed E-state index contributed by atoms with van der Waals surface area (Å²) in [4.78, 5) is 43.3. The lowest BCUT2D eigenvalue weighted by Crippen LogP contribution is -2.45. The van der Waals surface area contributed by atoms with Gasteiger partial charge in [-0.3, -0.25) is 14.4 Å². The highest BCUT2D eigenvalue weighted by molar-refractivity contribution is 6.05. The maximum absolute atomic E-state index is 13.5. The van der Waals surface area contributed by atoms with Crippen LogP contribution < -0.4 is 5.43 Å². The molecule has 2 aromatic carbocycles. The van der Waals surface area contributed by atoms with E-state index in [1.165, 1.54) is 6.42 Å². The first-order valence-corrected chi connectivity index (χ1v) is 12.2. The minimum Gasteiger partial charge on any atom is -0.455 e. The predicted molar refractivity (Wildman–Crippen MR) is 132 cm³/mol. The number of para-hydroxylation sites is 1. The third kappa shape index (κ3) is 4.13.